The Balaban J connectivity index is 2.89. The second-order valence-corrected chi connectivity index (χ2v) is 5.88. The molecule has 0 aliphatic carbocycles. The van der Waals surface area contributed by atoms with Crippen LogP contribution >= 0.6 is 0 Å². The fourth-order valence-corrected chi connectivity index (χ4v) is 2.52. The first kappa shape index (κ1) is 14.1. The topological polar surface area (TPSA) is 95.1 Å². The van der Waals surface area contributed by atoms with Gasteiger partial charge < -0.3 is 10.1 Å². The normalized spacial score (nSPS) is 14.2. The van der Waals surface area contributed by atoms with Gasteiger partial charge in [0.25, 0.3) is 10.0 Å². The van der Waals surface area contributed by atoms with Crippen LogP contribution in [0.4, 0.5) is 0 Å². The smallest absolute Gasteiger partial charge is 0.257 e. The van der Waals surface area contributed by atoms with Gasteiger partial charge in [-0.05, 0) is 6.42 Å². The zero-order valence-corrected chi connectivity index (χ0v) is 11.1. The van der Waals surface area contributed by atoms with E-state index in [0.717, 1.165) is 0 Å². The minimum atomic E-state index is -3.62. The van der Waals surface area contributed by atoms with Crippen molar-refractivity contribution in [2.24, 2.45) is 0 Å². The predicted octanol–water partition coefficient (Wildman–Crippen LogP) is 0.582. The lowest BCUT2D eigenvalue weighted by Gasteiger charge is -2.12. The standard InChI is InChI=1S/C10H19N3O3S/c1-4-8(6-14)13-17(15,16)9-5-11-10(12-9)7(2)3/h5,7-8,13-14H,4,6H2,1-3H3,(H,11,12). The van der Waals surface area contributed by atoms with Crippen molar-refractivity contribution in [3.05, 3.63) is 12.0 Å². The highest BCUT2D eigenvalue weighted by atomic mass is 32.2. The second-order valence-electron chi connectivity index (χ2n) is 4.20. The van der Waals surface area contributed by atoms with Crippen LogP contribution in [-0.2, 0) is 10.0 Å². The summed E-state index contributed by atoms with van der Waals surface area (Å²) in [6.45, 7) is 5.42. The number of H-pyrrole nitrogens is 1. The first-order chi connectivity index (χ1) is 7.90. The van der Waals surface area contributed by atoms with Gasteiger partial charge in [0.1, 0.15) is 5.82 Å². The number of aromatic amines is 1. The van der Waals surface area contributed by atoms with Gasteiger partial charge in [0.2, 0.25) is 0 Å². The van der Waals surface area contributed by atoms with Gasteiger partial charge in [-0.25, -0.2) is 18.1 Å². The molecule has 0 bridgehead atoms. The van der Waals surface area contributed by atoms with E-state index in [2.05, 4.69) is 14.7 Å². The molecule has 0 aromatic carbocycles. The first-order valence-electron chi connectivity index (χ1n) is 5.58. The third-order valence-corrected chi connectivity index (χ3v) is 3.87. The number of imidazole rings is 1. The molecule has 0 saturated carbocycles. The maximum atomic E-state index is 11.9. The molecule has 7 heteroatoms. The van der Waals surface area contributed by atoms with Crippen LogP contribution in [0.2, 0.25) is 0 Å². The van der Waals surface area contributed by atoms with Gasteiger partial charge in [-0.2, -0.15) is 0 Å². The van der Waals surface area contributed by atoms with Gasteiger partial charge in [-0.3, -0.25) is 0 Å². The van der Waals surface area contributed by atoms with Crippen molar-refractivity contribution in [3.63, 3.8) is 0 Å². The second kappa shape index (κ2) is 5.61. The molecular formula is C10H19N3O3S. The predicted molar refractivity (Wildman–Crippen MR) is 64.2 cm³/mol. The summed E-state index contributed by atoms with van der Waals surface area (Å²) in [4.78, 5) is 6.77. The lowest BCUT2D eigenvalue weighted by Crippen LogP contribution is -2.37. The molecule has 1 aromatic heterocycles. The number of nitrogens with zero attached hydrogens (tertiary/aromatic N) is 1. The molecule has 1 rings (SSSR count). The summed E-state index contributed by atoms with van der Waals surface area (Å²) in [5, 5.41) is 9.01. The third kappa shape index (κ3) is 3.52. The molecule has 3 N–H and O–H groups in total. The van der Waals surface area contributed by atoms with Gasteiger partial charge in [-0.1, -0.05) is 20.8 Å². The number of aliphatic hydroxyl groups is 1. The molecule has 0 amide bonds. The molecule has 6 nitrogen and oxygen atoms in total. The molecule has 0 spiro atoms. The Morgan fingerprint density at radius 2 is 2.18 bits per heavy atom. The molecule has 0 aliphatic heterocycles. The van der Waals surface area contributed by atoms with Crippen molar-refractivity contribution < 1.29 is 13.5 Å². The zero-order valence-electron chi connectivity index (χ0n) is 10.3. The zero-order chi connectivity index (χ0) is 13.1. The highest BCUT2D eigenvalue weighted by Gasteiger charge is 2.21. The van der Waals surface area contributed by atoms with Crippen LogP contribution in [0.1, 0.15) is 38.9 Å². The molecule has 0 radical (unpaired) electrons. The number of rotatable bonds is 6. The molecule has 1 aromatic rings. The number of aromatic nitrogens is 2. The van der Waals surface area contributed by atoms with E-state index in [4.69, 9.17) is 5.11 Å². The quantitative estimate of drug-likeness (QED) is 0.698. The highest BCUT2D eigenvalue weighted by molar-refractivity contribution is 7.89. The van der Waals surface area contributed by atoms with Crippen molar-refractivity contribution in [3.8, 4) is 0 Å². The van der Waals surface area contributed by atoms with Gasteiger partial charge in [0.05, 0.1) is 12.8 Å². The van der Waals surface area contributed by atoms with Gasteiger partial charge in [0.15, 0.2) is 5.03 Å². The average Bonchev–Trinajstić information content (AvgIpc) is 2.75. The fraction of sp³-hybridized carbons (Fsp3) is 0.700. The number of hydrogen-bond donors (Lipinski definition) is 3. The average molecular weight is 261 g/mol. The van der Waals surface area contributed by atoms with E-state index in [1.54, 1.807) is 6.92 Å². The van der Waals surface area contributed by atoms with E-state index in [1.807, 2.05) is 13.8 Å². The Kier molecular flexibility index (Phi) is 4.67. The van der Waals surface area contributed by atoms with Crippen molar-refractivity contribution in [2.45, 2.75) is 44.2 Å². The maximum Gasteiger partial charge on any atom is 0.257 e. The molecular weight excluding hydrogens is 242 g/mol. The molecule has 1 unspecified atom stereocenters. The van der Waals surface area contributed by atoms with Gasteiger partial charge >= 0.3 is 0 Å². The molecule has 17 heavy (non-hydrogen) atoms. The maximum absolute atomic E-state index is 11.9. The Labute approximate surface area is 102 Å². The van der Waals surface area contributed by atoms with E-state index in [0.29, 0.717) is 12.2 Å². The first-order valence-corrected chi connectivity index (χ1v) is 7.07. The van der Waals surface area contributed by atoms with E-state index >= 15 is 0 Å². The summed E-state index contributed by atoms with van der Waals surface area (Å²) >= 11 is 0. The summed E-state index contributed by atoms with van der Waals surface area (Å²) < 4.78 is 26.2. The summed E-state index contributed by atoms with van der Waals surface area (Å²) in [6, 6.07) is -0.467. The molecule has 98 valence electrons. The van der Waals surface area contributed by atoms with Crippen molar-refractivity contribution in [1.29, 1.82) is 0 Å². The Bertz CT molecular complexity index is 449. The monoisotopic (exact) mass is 261 g/mol. The number of sulfonamides is 1. The van der Waals surface area contributed by atoms with E-state index < -0.39 is 16.1 Å². The van der Waals surface area contributed by atoms with Crippen molar-refractivity contribution >= 4 is 10.0 Å². The molecule has 1 atom stereocenters. The Hall–Kier alpha value is -0.920. The fourth-order valence-electron chi connectivity index (χ4n) is 1.28. The minimum Gasteiger partial charge on any atom is -0.395 e. The highest BCUT2D eigenvalue weighted by Crippen LogP contribution is 2.13. The van der Waals surface area contributed by atoms with Crippen LogP contribution in [0.15, 0.2) is 11.2 Å². The molecule has 0 saturated heterocycles. The lowest BCUT2D eigenvalue weighted by atomic mass is 10.2. The van der Waals surface area contributed by atoms with Crippen LogP contribution in [0.5, 0.6) is 0 Å². The van der Waals surface area contributed by atoms with Crippen LogP contribution in [0.25, 0.3) is 0 Å². The van der Waals surface area contributed by atoms with Crippen LogP contribution in [0.3, 0.4) is 0 Å². The van der Waals surface area contributed by atoms with Crippen molar-refractivity contribution in [2.75, 3.05) is 6.61 Å². The Morgan fingerprint density at radius 1 is 1.53 bits per heavy atom. The Morgan fingerprint density at radius 3 is 2.59 bits per heavy atom. The molecule has 1 heterocycles. The third-order valence-electron chi connectivity index (χ3n) is 2.44. The number of aliphatic hydroxyl groups excluding tert-OH is 1. The molecule has 0 fully saturated rings. The van der Waals surface area contributed by atoms with E-state index in [9.17, 15) is 8.42 Å². The lowest BCUT2D eigenvalue weighted by molar-refractivity contribution is 0.253. The summed E-state index contributed by atoms with van der Waals surface area (Å²) in [7, 11) is -3.62. The largest absolute Gasteiger partial charge is 0.395 e. The summed E-state index contributed by atoms with van der Waals surface area (Å²) in [5.41, 5.74) is 0. The van der Waals surface area contributed by atoms with Crippen LogP contribution in [0, 0.1) is 0 Å². The van der Waals surface area contributed by atoms with Gasteiger partial charge in [-0.15, -0.1) is 0 Å². The van der Waals surface area contributed by atoms with Gasteiger partial charge in [0, 0.05) is 12.0 Å². The van der Waals surface area contributed by atoms with Crippen molar-refractivity contribution in [1.82, 2.24) is 14.7 Å². The van der Waals surface area contributed by atoms with Crippen LogP contribution < -0.4 is 4.72 Å². The SMILES string of the molecule is CCC(CO)NS(=O)(=O)c1cnc(C(C)C)[nH]1. The number of hydrogen-bond acceptors (Lipinski definition) is 4. The number of nitrogens with one attached hydrogen (secondary N) is 2. The van der Waals surface area contributed by atoms with E-state index in [-0.39, 0.29) is 17.6 Å². The minimum absolute atomic E-state index is 0.0353. The molecule has 0 aliphatic rings. The summed E-state index contributed by atoms with van der Waals surface area (Å²) in [5.74, 6) is 0.765. The van der Waals surface area contributed by atoms with E-state index in [1.165, 1.54) is 6.20 Å². The van der Waals surface area contributed by atoms with Crippen LogP contribution in [-0.4, -0.2) is 36.1 Å². The summed E-state index contributed by atoms with van der Waals surface area (Å²) in [6.07, 6.45) is 1.82.